The number of carbonyl (C=O) groups excluding carboxylic acids is 3. The van der Waals surface area contributed by atoms with Crippen molar-refractivity contribution in [3.8, 4) is 0 Å². The highest BCUT2D eigenvalue weighted by Crippen LogP contribution is 2.23. The smallest absolute Gasteiger partial charge is 0.337 e. The van der Waals surface area contributed by atoms with E-state index in [0.717, 1.165) is 6.42 Å². The molecule has 1 rings (SSSR count). The first-order valence-electron chi connectivity index (χ1n) is 6.82. The van der Waals surface area contributed by atoms with E-state index in [9.17, 15) is 14.4 Å². The van der Waals surface area contributed by atoms with Crippen molar-refractivity contribution < 1.29 is 19.1 Å². The first-order valence-corrected chi connectivity index (χ1v) is 7.20. The summed E-state index contributed by atoms with van der Waals surface area (Å²) >= 11 is 5.94. The van der Waals surface area contributed by atoms with Crippen LogP contribution in [0.1, 0.15) is 30.6 Å². The first kappa shape index (κ1) is 18.0. The molecule has 120 valence electrons. The van der Waals surface area contributed by atoms with Crippen LogP contribution >= 0.6 is 11.6 Å². The molecule has 0 atom stereocenters. The lowest BCUT2D eigenvalue weighted by Crippen LogP contribution is -2.36. The summed E-state index contributed by atoms with van der Waals surface area (Å²) in [6.07, 6.45) is 0.775. The van der Waals surface area contributed by atoms with Crippen molar-refractivity contribution in [3.63, 3.8) is 0 Å². The monoisotopic (exact) mass is 326 g/mol. The lowest BCUT2D eigenvalue weighted by molar-refractivity contribution is -0.136. The topological polar surface area (TPSA) is 84.5 Å². The van der Waals surface area contributed by atoms with Crippen LogP contribution in [-0.4, -0.2) is 31.4 Å². The molecule has 7 heteroatoms. The van der Waals surface area contributed by atoms with Gasteiger partial charge in [0, 0.05) is 6.54 Å². The van der Waals surface area contributed by atoms with Crippen LogP contribution in [0.25, 0.3) is 0 Å². The van der Waals surface area contributed by atoms with Crippen LogP contribution in [0, 0.1) is 5.92 Å². The normalized spacial score (nSPS) is 10.2. The zero-order chi connectivity index (χ0) is 16.7. The molecule has 2 amide bonds. The van der Waals surface area contributed by atoms with Crippen molar-refractivity contribution in [1.82, 2.24) is 5.32 Å². The molecule has 0 aliphatic heterocycles. The maximum Gasteiger partial charge on any atom is 0.337 e. The summed E-state index contributed by atoms with van der Waals surface area (Å²) in [7, 11) is 1.25. The number of rotatable bonds is 5. The molecule has 0 saturated heterocycles. The van der Waals surface area contributed by atoms with Gasteiger partial charge in [0.2, 0.25) is 0 Å². The molecule has 0 aliphatic rings. The largest absolute Gasteiger partial charge is 0.465 e. The van der Waals surface area contributed by atoms with Gasteiger partial charge in [-0.15, -0.1) is 0 Å². The summed E-state index contributed by atoms with van der Waals surface area (Å²) in [6.45, 7) is 4.45. The Hall–Kier alpha value is -2.08. The van der Waals surface area contributed by atoms with Gasteiger partial charge in [-0.1, -0.05) is 25.4 Å². The second-order valence-corrected chi connectivity index (χ2v) is 5.49. The number of amides is 2. The molecule has 0 heterocycles. The number of anilines is 1. The minimum absolute atomic E-state index is 0.175. The molecule has 0 fully saturated rings. The zero-order valence-corrected chi connectivity index (χ0v) is 13.5. The number of methoxy groups -OCH3 is 1. The molecule has 22 heavy (non-hydrogen) atoms. The van der Waals surface area contributed by atoms with Crippen molar-refractivity contribution in [1.29, 1.82) is 0 Å². The number of nitrogens with one attached hydrogen (secondary N) is 2. The van der Waals surface area contributed by atoms with Crippen LogP contribution in [0.5, 0.6) is 0 Å². The third kappa shape index (κ3) is 5.37. The van der Waals surface area contributed by atoms with Gasteiger partial charge < -0.3 is 15.4 Å². The summed E-state index contributed by atoms with van der Waals surface area (Å²) in [4.78, 5) is 34.9. The quantitative estimate of drug-likeness (QED) is 0.642. The van der Waals surface area contributed by atoms with E-state index >= 15 is 0 Å². The summed E-state index contributed by atoms with van der Waals surface area (Å²) in [5.41, 5.74) is 0.399. The lowest BCUT2D eigenvalue weighted by Gasteiger charge is -2.10. The van der Waals surface area contributed by atoms with Crippen LogP contribution in [0.2, 0.25) is 5.02 Å². The van der Waals surface area contributed by atoms with E-state index < -0.39 is 17.8 Å². The fourth-order valence-electron chi connectivity index (χ4n) is 1.60. The van der Waals surface area contributed by atoms with E-state index in [4.69, 9.17) is 11.6 Å². The molecule has 0 radical (unpaired) electrons. The molecule has 0 aromatic heterocycles. The maximum atomic E-state index is 11.8. The van der Waals surface area contributed by atoms with E-state index in [2.05, 4.69) is 15.4 Å². The van der Waals surface area contributed by atoms with Gasteiger partial charge >= 0.3 is 17.8 Å². The highest BCUT2D eigenvalue weighted by molar-refractivity contribution is 6.41. The average molecular weight is 327 g/mol. The standard InChI is InChI=1S/C15H19ClN2O4/c1-9(2)6-7-17-13(19)14(20)18-12-8-10(15(21)22-3)4-5-11(12)16/h4-5,8-9H,6-7H2,1-3H3,(H,17,19)(H,18,20). The van der Waals surface area contributed by atoms with Gasteiger partial charge in [0.05, 0.1) is 23.4 Å². The van der Waals surface area contributed by atoms with Gasteiger partial charge in [0.15, 0.2) is 0 Å². The molecule has 0 unspecified atom stereocenters. The Labute approximate surface area is 134 Å². The van der Waals surface area contributed by atoms with Crippen molar-refractivity contribution >= 4 is 35.1 Å². The Kier molecular flexibility index (Phi) is 6.85. The molecule has 1 aromatic rings. The number of hydrogen-bond acceptors (Lipinski definition) is 4. The first-order chi connectivity index (χ1) is 10.3. The van der Waals surface area contributed by atoms with Crippen LogP contribution in [0.15, 0.2) is 18.2 Å². The third-order valence-electron chi connectivity index (χ3n) is 2.85. The second-order valence-electron chi connectivity index (χ2n) is 5.08. The highest BCUT2D eigenvalue weighted by atomic mass is 35.5. The van der Waals surface area contributed by atoms with Crippen molar-refractivity contribution in [2.45, 2.75) is 20.3 Å². The highest BCUT2D eigenvalue weighted by Gasteiger charge is 2.16. The van der Waals surface area contributed by atoms with Crippen LogP contribution in [0.3, 0.4) is 0 Å². The Balaban J connectivity index is 2.71. The van der Waals surface area contributed by atoms with Gasteiger partial charge in [-0.05, 0) is 30.5 Å². The van der Waals surface area contributed by atoms with Crippen molar-refractivity contribution in [2.24, 2.45) is 5.92 Å². The molecule has 0 saturated carbocycles. The maximum absolute atomic E-state index is 11.8. The molecule has 0 spiro atoms. The van der Waals surface area contributed by atoms with E-state index in [0.29, 0.717) is 12.5 Å². The fourth-order valence-corrected chi connectivity index (χ4v) is 1.76. The second kappa shape index (κ2) is 8.38. The van der Waals surface area contributed by atoms with Gasteiger partial charge in [-0.3, -0.25) is 9.59 Å². The molecular weight excluding hydrogens is 308 g/mol. The van der Waals surface area contributed by atoms with E-state index in [1.807, 2.05) is 13.8 Å². The Morgan fingerprint density at radius 3 is 2.50 bits per heavy atom. The van der Waals surface area contributed by atoms with E-state index in [-0.39, 0.29) is 16.3 Å². The molecule has 6 nitrogen and oxygen atoms in total. The summed E-state index contributed by atoms with van der Waals surface area (Å²) in [6, 6.07) is 4.26. The summed E-state index contributed by atoms with van der Waals surface area (Å²) in [5, 5.41) is 5.11. The van der Waals surface area contributed by atoms with Crippen LogP contribution < -0.4 is 10.6 Å². The van der Waals surface area contributed by atoms with Gasteiger partial charge in [-0.2, -0.15) is 0 Å². The van der Waals surface area contributed by atoms with Crippen LogP contribution in [0.4, 0.5) is 5.69 Å². The number of halogens is 1. The van der Waals surface area contributed by atoms with Gasteiger partial charge in [0.1, 0.15) is 0 Å². The van der Waals surface area contributed by atoms with Gasteiger partial charge in [0.25, 0.3) is 0 Å². The average Bonchev–Trinajstić information content (AvgIpc) is 2.48. The number of esters is 1. The number of ether oxygens (including phenoxy) is 1. The summed E-state index contributed by atoms with van der Waals surface area (Å²) in [5.74, 6) is -1.73. The molecule has 1 aromatic carbocycles. The Bertz CT molecular complexity index is 573. The van der Waals surface area contributed by atoms with Crippen LogP contribution in [-0.2, 0) is 14.3 Å². The summed E-state index contributed by atoms with van der Waals surface area (Å²) < 4.78 is 4.59. The predicted molar refractivity (Wildman–Crippen MR) is 83.9 cm³/mol. The lowest BCUT2D eigenvalue weighted by atomic mass is 10.1. The zero-order valence-electron chi connectivity index (χ0n) is 12.7. The minimum Gasteiger partial charge on any atom is -0.465 e. The Morgan fingerprint density at radius 2 is 1.91 bits per heavy atom. The minimum atomic E-state index is -0.840. The fraction of sp³-hybridized carbons (Fsp3) is 0.400. The van der Waals surface area contributed by atoms with Crippen molar-refractivity contribution in [3.05, 3.63) is 28.8 Å². The number of carbonyl (C=O) groups is 3. The van der Waals surface area contributed by atoms with Gasteiger partial charge in [-0.25, -0.2) is 4.79 Å². The molecular formula is C15H19ClN2O4. The number of benzene rings is 1. The SMILES string of the molecule is COC(=O)c1ccc(Cl)c(NC(=O)C(=O)NCCC(C)C)c1. The number of hydrogen-bond donors (Lipinski definition) is 2. The van der Waals surface area contributed by atoms with Crippen molar-refractivity contribution in [2.75, 3.05) is 19.0 Å². The Morgan fingerprint density at radius 1 is 1.23 bits per heavy atom. The van der Waals surface area contributed by atoms with E-state index in [1.54, 1.807) is 0 Å². The molecule has 0 aliphatic carbocycles. The van der Waals surface area contributed by atoms with E-state index in [1.165, 1.54) is 25.3 Å². The predicted octanol–water partition coefficient (Wildman–Crippen LogP) is 2.23. The molecule has 2 N–H and O–H groups in total. The third-order valence-corrected chi connectivity index (χ3v) is 3.18. The molecule has 0 bridgehead atoms.